The molecule has 3 rings (SSSR count). The molecule has 1 aliphatic rings. The number of esters is 1. The summed E-state index contributed by atoms with van der Waals surface area (Å²) in [7, 11) is 1.65. The topological polar surface area (TPSA) is 65.1 Å². The van der Waals surface area contributed by atoms with Gasteiger partial charge in [-0.2, -0.15) is 0 Å². The number of ether oxygens (including phenoxy) is 3. The molecule has 1 aliphatic heterocycles. The molecule has 1 heterocycles. The summed E-state index contributed by atoms with van der Waals surface area (Å²) >= 11 is 0. The molecule has 0 aromatic heterocycles. The molecule has 0 N–H and O–H groups in total. The normalized spacial score (nSPS) is 14.1. The first-order valence-electron chi connectivity index (χ1n) is 8.49. The van der Waals surface area contributed by atoms with Crippen LogP contribution in [0.4, 0.5) is 5.69 Å². The van der Waals surface area contributed by atoms with Gasteiger partial charge in [0.2, 0.25) is 0 Å². The number of benzene rings is 2. The average molecular weight is 355 g/mol. The maximum atomic E-state index is 12.5. The van der Waals surface area contributed by atoms with E-state index in [0.717, 1.165) is 12.1 Å². The third-order valence-corrected chi connectivity index (χ3v) is 4.09. The van der Waals surface area contributed by atoms with Crippen LogP contribution in [0.3, 0.4) is 0 Å². The van der Waals surface area contributed by atoms with Crippen LogP contribution in [0.15, 0.2) is 48.5 Å². The Balaban J connectivity index is 1.67. The van der Waals surface area contributed by atoms with Gasteiger partial charge < -0.3 is 19.1 Å². The zero-order valence-electron chi connectivity index (χ0n) is 14.8. The molecule has 0 aliphatic carbocycles. The monoisotopic (exact) mass is 355 g/mol. The average Bonchev–Trinajstić information content (AvgIpc) is 2.92. The van der Waals surface area contributed by atoms with Gasteiger partial charge in [-0.25, -0.2) is 4.79 Å². The summed E-state index contributed by atoms with van der Waals surface area (Å²) in [5, 5.41) is 0. The molecule has 136 valence electrons. The SMILES string of the molecule is CC(OC(=O)c1ccc2c(c1)OCCCO2)C(=O)N(C)c1ccccc1. The number of amides is 1. The highest BCUT2D eigenvalue weighted by atomic mass is 16.5. The Morgan fingerprint density at radius 1 is 1.04 bits per heavy atom. The Labute approximate surface area is 152 Å². The predicted molar refractivity (Wildman–Crippen MR) is 96.8 cm³/mol. The summed E-state index contributed by atoms with van der Waals surface area (Å²) in [6, 6.07) is 14.1. The molecule has 0 saturated carbocycles. The van der Waals surface area contributed by atoms with Gasteiger partial charge in [0.05, 0.1) is 18.8 Å². The van der Waals surface area contributed by atoms with Crippen molar-refractivity contribution in [1.29, 1.82) is 0 Å². The summed E-state index contributed by atoms with van der Waals surface area (Å²) in [6.45, 7) is 2.67. The minimum Gasteiger partial charge on any atom is -0.490 e. The molecule has 2 aromatic rings. The van der Waals surface area contributed by atoms with Crippen LogP contribution in [-0.4, -0.2) is 38.2 Å². The Hall–Kier alpha value is -3.02. The molecule has 0 spiro atoms. The molecule has 1 unspecified atom stereocenters. The summed E-state index contributed by atoms with van der Waals surface area (Å²) in [4.78, 5) is 26.4. The van der Waals surface area contributed by atoms with Gasteiger partial charge in [0.15, 0.2) is 17.6 Å². The number of likely N-dealkylation sites (N-methyl/N-ethyl adjacent to an activating group) is 1. The first kappa shape index (κ1) is 17.8. The van der Waals surface area contributed by atoms with Crippen molar-refractivity contribution in [2.45, 2.75) is 19.4 Å². The van der Waals surface area contributed by atoms with E-state index in [9.17, 15) is 9.59 Å². The molecule has 26 heavy (non-hydrogen) atoms. The number of carbonyl (C=O) groups excluding carboxylic acids is 2. The first-order chi connectivity index (χ1) is 12.6. The molecule has 0 fully saturated rings. The van der Waals surface area contributed by atoms with Crippen molar-refractivity contribution in [3.05, 3.63) is 54.1 Å². The van der Waals surface area contributed by atoms with Crippen LogP contribution in [0, 0.1) is 0 Å². The molecule has 6 heteroatoms. The lowest BCUT2D eigenvalue weighted by atomic mass is 10.2. The van der Waals surface area contributed by atoms with Gasteiger partial charge in [-0.1, -0.05) is 18.2 Å². The number of hydrogen-bond acceptors (Lipinski definition) is 5. The van der Waals surface area contributed by atoms with Crippen molar-refractivity contribution in [3.63, 3.8) is 0 Å². The smallest absolute Gasteiger partial charge is 0.339 e. The van der Waals surface area contributed by atoms with E-state index in [4.69, 9.17) is 14.2 Å². The number of hydrogen-bond donors (Lipinski definition) is 0. The van der Waals surface area contributed by atoms with Crippen LogP contribution in [0.5, 0.6) is 11.5 Å². The van der Waals surface area contributed by atoms with Crippen molar-refractivity contribution in [1.82, 2.24) is 0 Å². The quantitative estimate of drug-likeness (QED) is 0.789. The maximum absolute atomic E-state index is 12.5. The van der Waals surface area contributed by atoms with E-state index < -0.39 is 12.1 Å². The molecular formula is C20H21NO5. The van der Waals surface area contributed by atoms with E-state index in [-0.39, 0.29) is 5.91 Å². The lowest BCUT2D eigenvalue weighted by Crippen LogP contribution is -2.37. The highest BCUT2D eigenvalue weighted by Gasteiger charge is 2.24. The third-order valence-electron chi connectivity index (χ3n) is 4.09. The minimum absolute atomic E-state index is 0.307. The van der Waals surface area contributed by atoms with Gasteiger partial charge >= 0.3 is 5.97 Å². The second-order valence-corrected chi connectivity index (χ2v) is 5.99. The van der Waals surface area contributed by atoms with Gasteiger partial charge in [-0.05, 0) is 37.3 Å². The van der Waals surface area contributed by atoms with Crippen molar-refractivity contribution >= 4 is 17.6 Å². The predicted octanol–water partition coefficient (Wildman–Crippen LogP) is 3.06. The molecule has 0 bridgehead atoms. The van der Waals surface area contributed by atoms with Gasteiger partial charge in [0, 0.05) is 19.2 Å². The van der Waals surface area contributed by atoms with Crippen LogP contribution in [0.2, 0.25) is 0 Å². The van der Waals surface area contributed by atoms with E-state index in [1.54, 1.807) is 32.2 Å². The van der Waals surface area contributed by atoms with Crippen molar-refractivity contribution in [3.8, 4) is 11.5 Å². The van der Waals surface area contributed by atoms with Gasteiger partial charge in [0.1, 0.15) is 0 Å². The van der Waals surface area contributed by atoms with E-state index in [2.05, 4.69) is 0 Å². The van der Waals surface area contributed by atoms with Gasteiger partial charge in [0.25, 0.3) is 5.91 Å². The van der Waals surface area contributed by atoms with E-state index >= 15 is 0 Å². The Kier molecular flexibility index (Phi) is 5.41. The summed E-state index contributed by atoms with van der Waals surface area (Å²) in [6.07, 6.45) is -0.130. The summed E-state index contributed by atoms with van der Waals surface area (Å²) in [5.41, 5.74) is 1.05. The van der Waals surface area contributed by atoms with Crippen LogP contribution in [0.25, 0.3) is 0 Å². The molecule has 0 saturated heterocycles. The van der Waals surface area contributed by atoms with Crippen molar-refractivity contribution in [2.75, 3.05) is 25.2 Å². The number of anilines is 1. The van der Waals surface area contributed by atoms with Crippen LogP contribution in [-0.2, 0) is 9.53 Å². The second kappa shape index (κ2) is 7.91. The molecule has 1 atom stereocenters. The number of para-hydroxylation sites is 1. The fourth-order valence-corrected chi connectivity index (χ4v) is 2.62. The fourth-order valence-electron chi connectivity index (χ4n) is 2.62. The zero-order chi connectivity index (χ0) is 18.5. The van der Waals surface area contributed by atoms with E-state index in [0.29, 0.717) is 30.3 Å². The molecule has 2 aromatic carbocycles. The second-order valence-electron chi connectivity index (χ2n) is 5.99. The zero-order valence-corrected chi connectivity index (χ0v) is 14.8. The molecular weight excluding hydrogens is 334 g/mol. The maximum Gasteiger partial charge on any atom is 0.339 e. The first-order valence-corrected chi connectivity index (χ1v) is 8.49. The van der Waals surface area contributed by atoms with Crippen molar-refractivity contribution in [2.24, 2.45) is 0 Å². The van der Waals surface area contributed by atoms with E-state index in [1.807, 2.05) is 30.3 Å². The van der Waals surface area contributed by atoms with Gasteiger partial charge in [-0.3, -0.25) is 4.79 Å². The van der Waals surface area contributed by atoms with E-state index in [1.165, 1.54) is 4.90 Å². The highest BCUT2D eigenvalue weighted by molar-refractivity contribution is 5.98. The number of rotatable bonds is 4. The lowest BCUT2D eigenvalue weighted by molar-refractivity contribution is -0.126. The number of fused-ring (bicyclic) bond motifs is 1. The highest BCUT2D eigenvalue weighted by Crippen LogP contribution is 2.30. The van der Waals surface area contributed by atoms with Crippen LogP contribution < -0.4 is 14.4 Å². The van der Waals surface area contributed by atoms with Crippen molar-refractivity contribution < 1.29 is 23.8 Å². The summed E-state index contributed by atoms with van der Waals surface area (Å²) < 4.78 is 16.5. The van der Waals surface area contributed by atoms with Crippen LogP contribution >= 0.6 is 0 Å². The Morgan fingerprint density at radius 3 is 2.46 bits per heavy atom. The Bertz CT molecular complexity index is 790. The third kappa shape index (κ3) is 3.96. The number of nitrogens with zero attached hydrogens (tertiary/aromatic N) is 1. The summed E-state index contributed by atoms with van der Waals surface area (Å²) in [5.74, 6) is 0.228. The fraction of sp³-hybridized carbons (Fsp3) is 0.300. The van der Waals surface area contributed by atoms with Crippen LogP contribution in [0.1, 0.15) is 23.7 Å². The molecule has 1 amide bonds. The number of carbonyl (C=O) groups is 2. The van der Waals surface area contributed by atoms with Gasteiger partial charge in [-0.15, -0.1) is 0 Å². The molecule has 0 radical (unpaired) electrons. The Morgan fingerprint density at radius 2 is 1.73 bits per heavy atom. The molecule has 6 nitrogen and oxygen atoms in total. The largest absolute Gasteiger partial charge is 0.490 e. The lowest BCUT2D eigenvalue weighted by Gasteiger charge is -2.21. The standard InChI is InChI=1S/C20H21NO5/c1-14(19(22)21(2)16-7-4-3-5-8-16)26-20(23)15-9-10-17-18(13-15)25-12-6-11-24-17/h3-5,7-10,13-14H,6,11-12H2,1-2H3. The minimum atomic E-state index is -0.913.